The molecule has 41 heavy (non-hydrogen) atoms. The number of sulfonamides is 1. The van der Waals surface area contributed by atoms with E-state index in [4.69, 9.17) is 4.42 Å². The van der Waals surface area contributed by atoms with Gasteiger partial charge in [0.25, 0.3) is 0 Å². The summed E-state index contributed by atoms with van der Waals surface area (Å²) >= 11 is 1.10. The summed E-state index contributed by atoms with van der Waals surface area (Å²) in [4.78, 5) is 32.9. The highest BCUT2D eigenvalue weighted by Crippen LogP contribution is 2.28. The molecule has 0 saturated carbocycles. The average molecular weight is 602 g/mol. The van der Waals surface area contributed by atoms with Crippen molar-refractivity contribution in [1.82, 2.24) is 14.3 Å². The minimum atomic E-state index is -4.18. The Kier molecular flexibility index (Phi) is 9.38. The van der Waals surface area contributed by atoms with Crippen LogP contribution in [0, 0.1) is 5.92 Å². The minimum absolute atomic E-state index is 0.0583. The van der Waals surface area contributed by atoms with E-state index in [-0.39, 0.29) is 47.8 Å². The molecule has 0 saturated heterocycles. The van der Waals surface area contributed by atoms with Gasteiger partial charge >= 0.3 is 12.1 Å². The van der Waals surface area contributed by atoms with Crippen LogP contribution in [-0.2, 0) is 21.2 Å². The number of aromatic nitrogens is 2. The molecule has 2 aromatic carbocycles. The van der Waals surface area contributed by atoms with Gasteiger partial charge in [-0.2, -0.15) is 9.29 Å². The van der Waals surface area contributed by atoms with Gasteiger partial charge in [-0.25, -0.2) is 13.2 Å². The summed E-state index contributed by atoms with van der Waals surface area (Å²) in [6, 6.07) is 12.2. The van der Waals surface area contributed by atoms with Gasteiger partial charge in [0.05, 0.1) is 28.7 Å². The third-order valence-electron chi connectivity index (χ3n) is 6.17. The van der Waals surface area contributed by atoms with Crippen molar-refractivity contribution in [2.24, 2.45) is 5.92 Å². The van der Waals surface area contributed by atoms with Gasteiger partial charge in [-0.05, 0) is 30.0 Å². The van der Waals surface area contributed by atoms with E-state index >= 15 is 0 Å². The largest absolute Gasteiger partial charge is 0.465 e. The maximum absolute atomic E-state index is 13.9. The molecule has 2 heterocycles. The van der Waals surface area contributed by atoms with Crippen LogP contribution in [0.5, 0.6) is 0 Å². The summed E-state index contributed by atoms with van der Waals surface area (Å²) in [5.41, 5.74) is 2.78. The zero-order chi connectivity index (χ0) is 29.7. The molecule has 218 valence electrons. The topological polar surface area (TPSA) is 166 Å². The molecule has 0 bridgehead atoms. The van der Waals surface area contributed by atoms with Crippen molar-refractivity contribution in [2.45, 2.75) is 44.2 Å². The van der Waals surface area contributed by atoms with Gasteiger partial charge in [-0.1, -0.05) is 44.2 Å². The molecule has 2 aromatic heterocycles. The molecule has 0 radical (unpaired) electrons. The molecule has 0 aliphatic heterocycles. The number of anilines is 2. The number of thiazole rings is 1. The Balaban J connectivity index is 1.69. The lowest BCUT2D eigenvalue weighted by atomic mass is 9.99. The van der Waals surface area contributed by atoms with E-state index in [0.29, 0.717) is 10.5 Å². The second-order valence-corrected chi connectivity index (χ2v) is 12.7. The fourth-order valence-corrected chi connectivity index (χ4v) is 6.73. The van der Waals surface area contributed by atoms with E-state index < -0.39 is 28.3 Å². The number of carboxylic acid groups (broad SMARTS) is 1. The first-order chi connectivity index (χ1) is 19.5. The number of hydrogen-bond acceptors (Lipinski definition) is 9. The molecule has 3 N–H and O–H groups in total. The SMILES string of the molecule is CC(=O)Nc1nc2ccc(S(=O)(=O)N(CC(C)C)CC(O)C(Cc3ccccc3)N(C(=O)O)c3cncs3)cc2o1. The van der Waals surface area contributed by atoms with E-state index in [2.05, 4.69) is 15.3 Å². The number of aliphatic hydroxyl groups is 1. The Morgan fingerprint density at radius 2 is 1.85 bits per heavy atom. The smallest absolute Gasteiger partial charge is 0.412 e. The van der Waals surface area contributed by atoms with E-state index in [9.17, 15) is 28.2 Å². The fraction of sp³-hybridized carbons (Fsp3) is 0.333. The third kappa shape index (κ3) is 7.27. The molecular weight excluding hydrogens is 570 g/mol. The summed E-state index contributed by atoms with van der Waals surface area (Å²) < 4.78 is 34.4. The molecule has 4 aromatic rings. The van der Waals surface area contributed by atoms with Crippen LogP contribution in [0.3, 0.4) is 0 Å². The van der Waals surface area contributed by atoms with Gasteiger partial charge in [-0.3, -0.25) is 20.0 Å². The molecule has 0 spiro atoms. The highest BCUT2D eigenvalue weighted by atomic mass is 32.2. The average Bonchev–Trinajstić information content (AvgIpc) is 3.57. The van der Waals surface area contributed by atoms with Gasteiger partial charge in [0, 0.05) is 26.1 Å². The number of amides is 2. The minimum Gasteiger partial charge on any atom is -0.465 e. The first-order valence-corrected chi connectivity index (χ1v) is 15.1. The highest BCUT2D eigenvalue weighted by Gasteiger charge is 2.36. The van der Waals surface area contributed by atoms with Gasteiger partial charge in [-0.15, -0.1) is 11.3 Å². The first kappa shape index (κ1) is 30.1. The van der Waals surface area contributed by atoms with Crippen LogP contribution in [0.15, 0.2) is 69.6 Å². The van der Waals surface area contributed by atoms with Crippen LogP contribution in [0.1, 0.15) is 26.3 Å². The van der Waals surface area contributed by atoms with E-state index in [0.717, 1.165) is 26.1 Å². The number of carbonyl (C=O) groups excluding carboxylic acids is 1. The van der Waals surface area contributed by atoms with E-state index in [1.807, 2.05) is 44.2 Å². The number of oxazole rings is 1. The number of carbonyl (C=O) groups is 2. The lowest BCUT2D eigenvalue weighted by Gasteiger charge is -2.35. The quantitative estimate of drug-likeness (QED) is 0.217. The molecule has 0 aliphatic rings. The summed E-state index contributed by atoms with van der Waals surface area (Å²) in [5.74, 6) is -0.498. The second kappa shape index (κ2) is 12.8. The zero-order valence-electron chi connectivity index (χ0n) is 22.7. The monoisotopic (exact) mass is 601 g/mol. The molecule has 12 nitrogen and oxygen atoms in total. The van der Waals surface area contributed by atoms with Gasteiger partial charge in [0.15, 0.2) is 5.58 Å². The number of benzene rings is 2. The Labute approximate surface area is 241 Å². The number of aliphatic hydroxyl groups excluding tert-OH is 1. The zero-order valence-corrected chi connectivity index (χ0v) is 24.3. The van der Waals surface area contributed by atoms with Crippen molar-refractivity contribution < 1.29 is 32.6 Å². The summed E-state index contributed by atoms with van der Waals surface area (Å²) in [6.07, 6.45) is -1.16. The lowest BCUT2D eigenvalue weighted by Crippen LogP contribution is -2.53. The van der Waals surface area contributed by atoms with Crippen LogP contribution in [0.2, 0.25) is 0 Å². The van der Waals surface area contributed by atoms with Crippen LogP contribution in [0.4, 0.5) is 15.8 Å². The molecule has 0 aliphatic carbocycles. The van der Waals surface area contributed by atoms with Crippen molar-refractivity contribution in [2.75, 3.05) is 23.3 Å². The number of nitrogens with one attached hydrogen (secondary N) is 1. The normalized spacial score (nSPS) is 13.4. The van der Waals surface area contributed by atoms with Crippen molar-refractivity contribution in [3.63, 3.8) is 0 Å². The fourth-order valence-electron chi connectivity index (χ4n) is 4.41. The van der Waals surface area contributed by atoms with Crippen molar-refractivity contribution in [3.8, 4) is 0 Å². The maximum Gasteiger partial charge on any atom is 0.412 e. The third-order valence-corrected chi connectivity index (χ3v) is 8.76. The molecular formula is C27H31N5O7S2. The van der Waals surface area contributed by atoms with Crippen molar-refractivity contribution >= 4 is 55.5 Å². The highest BCUT2D eigenvalue weighted by molar-refractivity contribution is 7.89. The Morgan fingerprint density at radius 1 is 1.12 bits per heavy atom. The Morgan fingerprint density at radius 3 is 2.46 bits per heavy atom. The summed E-state index contributed by atoms with van der Waals surface area (Å²) in [6.45, 7) is 4.68. The molecule has 14 heteroatoms. The molecule has 2 unspecified atom stereocenters. The Hall–Kier alpha value is -3.85. The van der Waals surface area contributed by atoms with Crippen LogP contribution >= 0.6 is 11.3 Å². The lowest BCUT2D eigenvalue weighted by molar-refractivity contribution is -0.114. The summed E-state index contributed by atoms with van der Waals surface area (Å²) in [7, 11) is -4.18. The molecule has 0 fully saturated rings. The van der Waals surface area contributed by atoms with Crippen molar-refractivity contribution in [3.05, 3.63) is 65.8 Å². The summed E-state index contributed by atoms with van der Waals surface area (Å²) in [5, 5.41) is 24.4. The predicted octanol–water partition coefficient (Wildman–Crippen LogP) is 4.05. The number of rotatable bonds is 12. The van der Waals surface area contributed by atoms with Crippen LogP contribution in [-0.4, -0.2) is 70.1 Å². The second-order valence-electron chi connectivity index (χ2n) is 9.86. The van der Waals surface area contributed by atoms with Crippen LogP contribution < -0.4 is 10.2 Å². The molecule has 4 rings (SSSR count). The van der Waals surface area contributed by atoms with Crippen molar-refractivity contribution in [1.29, 1.82) is 0 Å². The van der Waals surface area contributed by atoms with E-state index in [1.165, 1.54) is 36.8 Å². The first-order valence-electron chi connectivity index (χ1n) is 12.8. The molecule has 2 atom stereocenters. The standard InChI is InChI=1S/C27H31N5O7S2/c1-17(2)14-31(41(37,38)20-9-10-21-24(12-20)39-26(30-21)29-18(3)33)15-23(34)22(11-19-7-5-4-6-8-19)32(27(35)36)25-13-28-16-40-25/h4-10,12-13,16-17,22-23,34H,11,14-15H2,1-3H3,(H,35,36)(H,29,30,33). The van der Waals surface area contributed by atoms with Gasteiger partial charge < -0.3 is 14.6 Å². The van der Waals surface area contributed by atoms with Crippen LogP contribution in [0.25, 0.3) is 11.1 Å². The molecule has 2 amide bonds. The maximum atomic E-state index is 13.9. The van der Waals surface area contributed by atoms with Gasteiger partial charge in [0.2, 0.25) is 15.9 Å². The van der Waals surface area contributed by atoms with E-state index in [1.54, 1.807) is 0 Å². The Bertz CT molecular complexity index is 1590. The van der Waals surface area contributed by atoms with Gasteiger partial charge in [0.1, 0.15) is 10.5 Å². The number of fused-ring (bicyclic) bond motifs is 1. The predicted molar refractivity (Wildman–Crippen MR) is 154 cm³/mol. The number of nitrogens with zero attached hydrogens (tertiary/aromatic N) is 4. The number of hydrogen-bond donors (Lipinski definition) is 3.